The van der Waals surface area contributed by atoms with Gasteiger partial charge in [-0.25, -0.2) is 17.6 Å². The number of nitrogens with one attached hydrogen (secondary N) is 2. The Morgan fingerprint density at radius 1 is 1.00 bits per heavy atom. The number of anilines is 1. The van der Waals surface area contributed by atoms with Crippen molar-refractivity contribution in [1.29, 1.82) is 0 Å². The Bertz CT molecular complexity index is 1400. The maximum atomic E-state index is 13.4. The summed E-state index contributed by atoms with van der Waals surface area (Å²) < 4.78 is 41.3. The summed E-state index contributed by atoms with van der Waals surface area (Å²) >= 11 is 0. The van der Waals surface area contributed by atoms with Gasteiger partial charge in [-0.15, -0.1) is 0 Å². The van der Waals surface area contributed by atoms with Crippen LogP contribution in [0.25, 0.3) is 0 Å². The van der Waals surface area contributed by atoms with E-state index >= 15 is 0 Å². The molecule has 0 radical (unpaired) electrons. The van der Waals surface area contributed by atoms with Gasteiger partial charge < -0.3 is 16.4 Å². The van der Waals surface area contributed by atoms with Crippen LogP contribution in [-0.2, 0) is 27.9 Å². The summed E-state index contributed by atoms with van der Waals surface area (Å²) in [6.45, 7) is 2.20. The Labute approximate surface area is 215 Å². The quantitative estimate of drug-likeness (QED) is 0.438. The number of hydrogen-bond donors (Lipinski definition) is 3. The van der Waals surface area contributed by atoms with Crippen molar-refractivity contribution in [2.75, 3.05) is 18.4 Å². The summed E-state index contributed by atoms with van der Waals surface area (Å²) in [4.78, 5) is 27.6. The van der Waals surface area contributed by atoms with Crippen LogP contribution >= 0.6 is 0 Å². The monoisotopic (exact) mass is 525 g/mol. The van der Waals surface area contributed by atoms with Gasteiger partial charge >= 0.3 is 6.03 Å². The van der Waals surface area contributed by atoms with Crippen LogP contribution in [0, 0.1) is 12.7 Å². The largest absolute Gasteiger partial charge is 0.349 e. The van der Waals surface area contributed by atoms with Crippen LogP contribution in [0.5, 0.6) is 0 Å². The molecule has 1 aliphatic heterocycles. The van der Waals surface area contributed by atoms with E-state index < -0.39 is 33.9 Å². The number of benzene rings is 3. The molecule has 1 saturated heterocycles. The highest BCUT2D eigenvalue weighted by atomic mass is 32.2. The molecule has 3 aromatic rings. The zero-order chi connectivity index (χ0) is 26.6. The van der Waals surface area contributed by atoms with Crippen molar-refractivity contribution < 1.29 is 22.4 Å². The Kier molecular flexibility index (Phi) is 7.86. The first-order valence-electron chi connectivity index (χ1n) is 11.7. The van der Waals surface area contributed by atoms with E-state index in [0.717, 1.165) is 45.3 Å². The second-order valence-electron chi connectivity index (χ2n) is 8.68. The van der Waals surface area contributed by atoms with Gasteiger partial charge in [0, 0.05) is 31.9 Å². The number of aryl methyl sites for hydroxylation is 1. The van der Waals surface area contributed by atoms with Crippen molar-refractivity contribution >= 4 is 27.6 Å². The molecule has 9 nitrogen and oxygen atoms in total. The van der Waals surface area contributed by atoms with E-state index in [4.69, 9.17) is 5.73 Å². The fourth-order valence-electron chi connectivity index (χ4n) is 4.15. The molecule has 0 spiro atoms. The Morgan fingerprint density at radius 2 is 1.70 bits per heavy atom. The van der Waals surface area contributed by atoms with Crippen molar-refractivity contribution in [2.45, 2.75) is 31.1 Å². The van der Waals surface area contributed by atoms with E-state index in [9.17, 15) is 22.4 Å². The molecule has 194 valence electrons. The number of carbonyl (C=O) groups is 2. The van der Waals surface area contributed by atoms with Gasteiger partial charge in [-0.05, 0) is 60.0 Å². The first-order valence-corrected chi connectivity index (χ1v) is 13.1. The predicted octanol–water partition coefficient (Wildman–Crippen LogP) is 2.77. The van der Waals surface area contributed by atoms with E-state index in [-0.39, 0.29) is 24.5 Å². The maximum Gasteiger partial charge on any atom is 0.323 e. The third-order valence-corrected chi connectivity index (χ3v) is 7.88. The second-order valence-corrected chi connectivity index (χ2v) is 10.6. The normalized spacial score (nSPS) is 16.0. The van der Waals surface area contributed by atoms with Gasteiger partial charge in [0.25, 0.3) is 5.91 Å². The fraction of sp³-hybridized carbons (Fsp3) is 0.231. The molecule has 0 bridgehead atoms. The first kappa shape index (κ1) is 26.3. The predicted molar refractivity (Wildman–Crippen MR) is 137 cm³/mol. The van der Waals surface area contributed by atoms with Crippen LogP contribution in [0.1, 0.15) is 16.7 Å². The van der Waals surface area contributed by atoms with E-state index in [0.29, 0.717) is 12.2 Å². The molecule has 11 heteroatoms. The highest BCUT2D eigenvalue weighted by Gasteiger charge is 2.46. The highest BCUT2D eigenvalue weighted by molar-refractivity contribution is 7.89. The maximum absolute atomic E-state index is 13.4. The number of nitrogens with two attached hydrogens (primary N) is 1. The summed E-state index contributed by atoms with van der Waals surface area (Å²) in [5, 5.41) is 5.48. The molecular formula is C26H28FN5O4S. The summed E-state index contributed by atoms with van der Waals surface area (Å²) in [6.07, 6.45) is -1.45. The van der Waals surface area contributed by atoms with Gasteiger partial charge in [0.2, 0.25) is 10.0 Å². The lowest BCUT2D eigenvalue weighted by molar-refractivity contribution is -0.127. The van der Waals surface area contributed by atoms with Crippen molar-refractivity contribution in [2.24, 2.45) is 5.73 Å². The Morgan fingerprint density at radius 3 is 2.41 bits per heavy atom. The number of hydrogen-bond acceptors (Lipinski definition) is 5. The van der Waals surface area contributed by atoms with E-state index in [1.54, 1.807) is 18.2 Å². The lowest BCUT2D eigenvalue weighted by Crippen LogP contribution is -2.54. The fourth-order valence-corrected chi connectivity index (χ4v) is 5.70. The SMILES string of the molecule is Cc1cccc(NC(=O)N2CCN(S(=O)(=O)c3ccc(F)cc3)C2C(=O)NCc2cccc(CN)c2)c1. The number of nitrogens with zero attached hydrogens (tertiary/aromatic N) is 2. The molecule has 1 fully saturated rings. The van der Waals surface area contributed by atoms with Gasteiger partial charge in [-0.1, -0.05) is 36.4 Å². The minimum Gasteiger partial charge on any atom is -0.349 e. The van der Waals surface area contributed by atoms with Crippen LogP contribution in [0.3, 0.4) is 0 Å². The molecule has 0 saturated carbocycles. The van der Waals surface area contributed by atoms with Crippen LogP contribution in [-0.4, -0.2) is 48.8 Å². The third-order valence-electron chi connectivity index (χ3n) is 6.01. The van der Waals surface area contributed by atoms with Gasteiger partial charge in [-0.3, -0.25) is 9.69 Å². The molecule has 3 aromatic carbocycles. The topological polar surface area (TPSA) is 125 Å². The number of urea groups is 1. The average molecular weight is 526 g/mol. The van der Waals surface area contributed by atoms with Crippen LogP contribution < -0.4 is 16.4 Å². The van der Waals surface area contributed by atoms with E-state index in [2.05, 4.69) is 10.6 Å². The summed E-state index contributed by atoms with van der Waals surface area (Å²) in [6, 6.07) is 18.1. The van der Waals surface area contributed by atoms with Gasteiger partial charge in [0.05, 0.1) is 4.90 Å². The molecule has 1 unspecified atom stereocenters. The van der Waals surface area contributed by atoms with Gasteiger partial charge in [0.15, 0.2) is 6.17 Å². The summed E-state index contributed by atoms with van der Waals surface area (Å²) in [7, 11) is -4.22. The Balaban J connectivity index is 1.61. The molecule has 3 amide bonds. The second kappa shape index (κ2) is 11.1. The highest BCUT2D eigenvalue weighted by Crippen LogP contribution is 2.26. The minimum atomic E-state index is -4.22. The smallest absolute Gasteiger partial charge is 0.323 e. The number of rotatable bonds is 7. The molecule has 37 heavy (non-hydrogen) atoms. The van der Waals surface area contributed by atoms with Gasteiger partial charge in [-0.2, -0.15) is 4.31 Å². The molecule has 0 aliphatic carbocycles. The number of halogens is 1. The van der Waals surface area contributed by atoms with Crippen LogP contribution in [0.15, 0.2) is 77.7 Å². The zero-order valence-corrected chi connectivity index (χ0v) is 21.0. The average Bonchev–Trinajstić information content (AvgIpc) is 3.34. The minimum absolute atomic E-state index is 0.0151. The lowest BCUT2D eigenvalue weighted by Gasteiger charge is -2.29. The van der Waals surface area contributed by atoms with Crippen molar-refractivity contribution in [1.82, 2.24) is 14.5 Å². The Hall–Kier alpha value is -3.80. The molecule has 4 N–H and O–H groups in total. The van der Waals surface area contributed by atoms with E-state index in [1.807, 2.05) is 37.3 Å². The van der Waals surface area contributed by atoms with Crippen molar-refractivity contribution in [3.05, 3.63) is 95.3 Å². The molecule has 1 aliphatic rings. The zero-order valence-electron chi connectivity index (χ0n) is 20.2. The van der Waals surface area contributed by atoms with Gasteiger partial charge in [0.1, 0.15) is 5.82 Å². The van der Waals surface area contributed by atoms with Crippen LogP contribution in [0.2, 0.25) is 0 Å². The molecule has 1 atom stereocenters. The lowest BCUT2D eigenvalue weighted by atomic mass is 10.1. The third kappa shape index (κ3) is 5.96. The molecule has 4 rings (SSSR count). The summed E-state index contributed by atoms with van der Waals surface area (Å²) in [5.74, 6) is -1.26. The van der Waals surface area contributed by atoms with Crippen LogP contribution in [0.4, 0.5) is 14.9 Å². The molecular weight excluding hydrogens is 497 g/mol. The number of sulfonamides is 1. The van der Waals surface area contributed by atoms with E-state index in [1.165, 1.54) is 4.90 Å². The molecule has 1 heterocycles. The number of amides is 3. The summed E-state index contributed by atoms with van der Waals surface area (Å²) in [5.41, 5.74) is 8.79. The first-order chi connectivity index (χ1) is 17.7. The molecule has 0 aromatic heterocycles. The number of carbonyl (C=O) groups excluding carboxylic acids is 2. The van der Waals surface area contributed by atoms with Crippen molar-refractivity contribution in [3.8, 4) is 0 Å². The standard InChI is InChI=1S/C26H28FN5O4S/c1-18-4-2-7-22(14-18)30-26(34)31-12-13-32(37(35,36)23-10-8-21(27)9-11-23)25(31)24(33)29-17-20-6-3-5-19(15-20)16-28/h2-11,14-15,25H,12-13,16-17,28H2,1H3,(H,29,33)(H,30,34). The van der Waals surface area contributed by atoms with Crippen molar-refractivity contribution in [3.63, 3.8) is 0 Å².